The molecule has 79 heavy (non-hydrogen) atoms. The summed E-state index contributed by atoms with van der Waals surface area (Å²) in [5.74, 6) is -1.08. The van der Waals surface area contributed by atoms with Gasteiger partial charge in [-0.2, -0.15) is 0 Å². The van der Waals surface area contributed by atoms with Crippen LogP contribution in [0.15, 0.2) is 158 Å². The highest BCUT2D eigenvalue weighted by atomic mass is 16.6. The molecule has 0 aliphatic carbocycles. The number of hydrogen-bond acceptors (Lipinski definition) is 6. The van der Waals surface area contributed by atoms with E-state index in [0.29, 0.717) is 6.42 Å². The van der Waals surface area contributed by atoms with Crippen LogP contribution in [-0.4, -0.2) is 37.2 Å². The van der Waals surface area contributed by atoms with Crippen LogP contribution in [0.1, 0.15) is 265 Å². The largest absolute Gasteiger partial charge is 0.462 e. The Morgan fingerprint density at radius 1 is 0.266 bits per heavy atom. The van der Waals surface area contributed by atoms with Crippen molar-refractivity contribution in [1.82, 2.24) is 0 Å². The number of carbonyl (C=O) groups excluding carboxylic acids is 3. The smallest absolute Gasteiger partial charge is 0.309 e. The number of rotatable bonds is 56. The number of ether oxygens (including phenoxy) is 3. The van der Waals surface area contributed by atoms with Gasteiger partial charge in [-0.15, -0.1) is 0 Å². The second kappa shape index (κ2) is 65.5. The summed E-state index contributed by atoms with van der Waals surface area (Å²) in [6.45, 7) is 6.19. The summed E-state index contributed by atoms with van der Waals surface area (Å²) in [7, 11) is 0. The second-order valence-corrected chi connectivity index (χ2v) is 20.5. The van der Waals surface area contributed by atoms with E-state index in [0.717, 1.165) is 135 Å². The zero-order valence-corrected chi connectivity index (χ0v) is 50.8. The van der Waals surface area contributed by atoms with Gasteiger partial charge in [0.25, 0.3) is 0 Å². The first-order chi connectivity index (χ1) is 39.0. The fourth-order valence-corrected chi connectivity index (χ4v) is 8.38. The Kier molecular flexibility index (Phi) is 61.4. The molecule has 1 unspecified atom stereocenters. The van der Waals surface area contributed by atoms with Crippen molar-refractivity contribution in [3.05, 3.63) is 158 Å². The lowest BCUT2D eigenvalue weighted by Gasteiger charge is -2.18. The Hall–Kier alpha value is -4.97. The molecule has 0 aromatic rings. The van der Waals surface area contributed by atoms with E-state index < -0.39 is 12.1 Å². The maximum atomic E-state index is 12.9. The first-order valence-electron chi connectivity index (χ1n) is 32.0. The van der Waals surface area contributed by atoms with E-state index in [1.165, 1.54) is 89.9 Å². The summed E-state index contributed by atoms with van der Waals surface area (Å²) in [6, 6.07) is 0. The lowest BCUT2D eigenvalue weighted by molar-refractivity contribution is -0.166. The molecule has 0 amide bonds. The highest BCUT2D eigenvalue weighted by Gasteiger charge is 2.19. The van der Waals surface area contributed by atoms with Gasteiger partial charge in [-0.3, -0.25) is 14.4 Å². The van der Waals surface area contributed by atoms with Crippen LogP contribution >= 0.6 is 0 Å². The highest BCUT2D eigenvalue weighted by Crippen LogP contribution is 2.16. The molecule has 1 atom stereocenters. The van der Waals surface area contributed by atoms with E-state index in [9.17, 15) is 14.4 Å². The number of esters is 3. The maximum absolute atomic E-state index is 12.9. The van der Waals surface area contributed by atoms with Gasteiger partial charge < -0.3 is 14.2 Å². The monoisotopic (exact) mass is 1090 g/mol. The molecular weight excluding hydrogens is 973 g/mol. The van der Waals surface area contributed by atoms with E-state index >= 15 is 0 Å². The minimum absolute atomic E-state index is 0.116. The fourth-order valence-electron chi connectivity index (χ4n) is 8.38. The van der Waals surface area contributed by atoms with Gasteiger partial charge in [0.15, 0.2) is 6.10 Å². The van der Waals surface area contributed by atoms with Crippen LogP contribution < -0.4 is 0 Å². The number of carbonyl (C=O) groups is 3. The molecule has 6 nitrogen and oxygen atoms in total. The molecule has 0 N–H and O–H groups in total. The van der Waals surface area contributed by atoms with Crippen LogP contribution in [0, 0.1) is 0 Å². The summed E-state index contributed by atoms with van der Waals surface area (Å²) >= 11 is 0. The molecule has 0 aromatic heterocycles. The number of hydrogen-bond donors (Lipinski definition) is 0. The number of allylic oxidation sites excluding steroid dienone is 25. The Morgan fingerprint density at radius 2 is 0.506 bits per heavy atom. The zero-order valence-electron chi connectivity index (χ0n) is 50.8. The second-order valence-electron chi connectivity index (χ2n) is 20.5. The van der Waals surface area contributed by atoms with Gasteiger partial charge in [0.1, 0.15) is 13.2 Å². The van der Waals surface area contributed by atoms with Gasteiger partial charge in [0.05, 0.1) is 6.42 Å². The third kappa shape index (κ3) is 63.7. The normalized spacial score (nSPS) is 13.2. The SMILES string of the molecule is CC/C=C\C/C=C\C/C=C\C/C=C\C/C=C\CC(=O)OCC(COC(=O)CCCCCCCCCCCCCCCCCC/C=C\C/C=C\C/C=C\C/C=C\CC)OC(=O)CCCCCC/C=C\C/C=C\C/C=C\C/C=C\CC. The zero-order chi connectivity index (χ0) is 57.1. The molecule has 0 radical (unpaired) electrons. The van der Waals surface area contributed by atoms with Crippen molar-refractivity contribution < 1.29 is 28.6 Å². The minimum Gasteiger partial charge on any atom is -0.462 e. The van der Waals surface area contributed by atoms with Crippen molar-refractivity contribution >= 4 is 17.9 Å². The van der Waals surface area contributed by atoms with Crippen LogP contribution in [0.4, 0.5) is 0 Å². The summed E-state index contributed by atoms with van der Waals surface area (Å²) in [5, 5.41) is 0. The Bertz CT molecular complexity index is 1780. The van der Waals surface area contributed by atoms with E-state index in [4.69, 9.17) is 14.2 Å². The van der Waals surface area contributed by atoms with Gasteiger partial charge in [-0.1, -0.05) is 281 Å². The van der Waals surface area contributed by atoms with Crippen molar-refractivity contribution in [3.8, 4) is 0 Å². The molecule has 0 aliphatic rings. The van der Waals surface area contributed by atoms with Crippen LogP contribution in [-0.2, 0) is 28.6 Å². The summed E-state index contributed by atoms with van der Waals surface area (Å²) in [6.07, 6.45) is 95.7. The Labute approximate surface area is 486 Å². The molecule has 6 heteroatoms. The Balaban J connectivity index is 4.38. The van der Waals surface area contributed by atoms with Crippen molar-refractivity contribution in [2.24, 2.45) is 0 Å². The minimum atomic E-state index is -0.838. The third-order valence-electron chi connectivity index (χ3n) is 13.0. The van der Waals surface area contributed by atoms with Gasteiger partial charge in [-0.25, -0.2) is 0 Å². The molecule has 0 spiro atoms. The van der Waals surface area contributed by atoms with Gasteiger partial charge in [0.2, 0.25) is 0 Å². The van der Waals surface area contributed by atoms with Crippen molar-refractivity contribution in [2.75, 3.05) is 13.2 Å². The van der Waals surface area contributed by atoms with Crippen LogP contribution in [0.3, 0.4) is 0 Å². The average molecular weight is 1090 g/mol. The van der Waals surface area contributed by atoms with Gasteiger partial charge in [0, 0.05) is 12.8 Å². The lowest BCUT2D eigenvalue weighted by atomic mass is 10.0. The summed E-state index contributed by atoms with van der Waals surface area (Å²) in [4.78, 5) is 38.2. The highest BCUT2D eigenvalue weighted by molar-refractivity contribution is 5.72. The molecule has 0 saturated heterocycles. The number of unbranched alkanes of at least 4 members (excludes halogenated alkanes) is 20. The van der Waals surface area contributed by atoms with Crippen molar-refractivity contribution in [2.45, 2.75) is 271 Å². The molecule has 0 fully saturated rings. The predicted molar refractivity (Wildman–Crippen MR) is 343 cm³/mol. The lowest BCUT2D eigenvalue weighted by Crippen LogP contribution is -2.30. The van der Waals surface area contributed by atoms with Crippen molar-refractivity contribution in [3.63, 3.8) is 0 Å². The van der Waals surface area contributed by atoms with E-state index in [1.54, 1.807) is 6.08 Å². The quantitative estimate of drug-likeness (QED) is 0.0261. The standard InChI is InChI=1S/C73H116O6/c1-4-7-10-13-16-19-22-25-28-30-31-32-33-34-35-36-37-38-39-40-41-43-45-48-51-54-57-60-63-66-72(75)78-69-70(68-77-71(74)65-62-59-56-53-50-47-44-27-24-21-18-15-12-9-6-3)79-73(76)67-64-61-58-55-52-49-46-42-29-26-23-20-17-14-11-8-5-2/h7-12,16-21,25-29,31-32,44,46,49-50,53,59,62,70H,4-6,13-15,22-24,30,33-43,45,47-48,51-52,54-58,60-61,63-69H2,1-3H3/b10-7-,11-8-,12-9-,19-16-,20-17-,21-18-,28-25-,29-26-,32-31-,44-27-,49-46-,53-50-,62-59-. The topological polar surface area (TPSA) is 78.9 Å². The van der Waals surface area contributed by atoms with Crippen molar-refractivity contribution in [1.29, 1.82) is 0 Å². The molecule has 0 aliphatic heterocycles. The average Bonchev–Trinajstić information content (AvgIpc) is 3.45. The molecule has 444 valence electrons. The van der Waals surface area contributed by atoms with E-state index in [2.05, 4.69) is 167 Å². The van der Waals surface area contributed by atoms with Crippen LogP contribution in [0.25, 0.3) is 0 Å². The first-order valence-corrected chi connectivity index (χ1v) is 32.0. The molecule has 0 rings (SSSR count). The maximum Gasteiger partial charge on any atom is 0.309 e. The molecule has 0 aromatic carbocycles. The summed E-state index contributed by atoms with van der Waals surface area (Å²) < 4.78 is 16.8. The van der Waals surface area contributed by atoms with E-state index in [1.807, 2.05) is 6.08 Å². The predicted octanol–water partition coefficient (Wildman–Crippen LogP) is 22.1. The first kappa shape index (κ1) is 74.0. The molecule has 0 heterocycles. The van der Waals surface area contributed by atoms with Gasteiger partial charge in [-0.05, 0) is 122 Å². The summed E-state index contributed by atoms with van der Waals surface area (Å²) in [5.41, 5.74) is 0. The van der Waals surface area contributed by atoms with Crippen LogP contribution in [0.2, 0.25) is 0 Å². The third-order valence-corrected chi connectivity index (χ3v) is 13.0. The van der Waals surface area contributed by atoms with Crippen LogP contribution in [0.5, 0.6) is 0 Å². The van der Waals surface area contributed by atoms with E-state index in [-0.39, 0.29) is 38.0 Å². The fraction of sp³-hybridized carbons (Fsp3) is 0.603. The molecule has 0 saturated carbocycles. The Morgan fingerprint density at radius 3 is 0.823 bits per heavy atom. The molecule has 0 bridgehead atoms. The molecular formula is C73H116O6. The van der Waals surface area contributed by atoms with Gasteiger partial charge >= 0.3 is 17.9 Å².